The molecule has 7 rings (SSSR count). The van der Waals surface area contributed by atoms with E-state index in [-0.39, 0.29) is 29.0 Å². The van der Waals surface area contributed by atoms with Gasteiger partial charge in [-0.25, -0.2) is 8.78 Å². The second-order valence-electron chi connectivity index (χ2n) is 9.52. The van der Waals surface area contributed by atoms with Gasteiger partial charge < -0.3 is 15.2 Å². The van der Waals surface area contributed by atoms with Crippen molar-refractivity contribution in [2.24, 2.45) is 0 Å². The summed E-state index contributed by atoms with van der Waals surface area (Å²) >= 11 is 5.99. The monoisotopic (exact) mass is 486 g/mol. The standard InChI is InChI=1S/C24H21ClF2N4O3/c25-15-2-4-19-16(5-15)18(32)6-20(34-19)22(33)30-23-10-24(11-23,12-23)31-9-14(8-29-31)17-3-1-13(7-28-17)21(26)27/h1-5,7-9,18,20-21,32H,6,10-12H2,(H,30,33)/t18-,20-,23?,24?/m1/s1. The number of rotatable bonds is 5. The number of pyridine rings is 1. The summed E-state index contributed by atoms with van der Waals surface area (Å²) in [5.41, 5.74) is 1.36. The van der Waals surface area contributed by atoms with Gasteiger partial charge in [0, 0.05) is 46.1 Å². The van der Waals surface area contributed by atoms with Crippen molar-refractivity contribution in [2.75, 3.05) is 0 Å². The number of fused-ring (bicyclic) bond motifs is 1. The van der Waals surface area contributed by atoms with Crippen LogP contribution in [0.3, 0.4) is 0 Å². The molecule has 0 radical (unpaired) electrons. The number of aliphatic hydroxyl groups excluding tert-OH is 1. The first-order valence-corrected chi connectivity index (χ1v) is 11.4. The number of amides is 1. The summed E-state index contributed by atoms with van der Waals surface area (Å²) in [7, 11) is 0. The Labute approximate surface area is 198 Å². The molecule has 7 nitrogen and oxygen atoms in total. The van der Waals surface area contributed by atoms with Gasteiger partial charge in [0.2, 0.25) is 0 Å². The minimum Gasteiger partial charge on any atom is -0.480 e. The van der Waals surface area contributed by atoms with Crippen LogP contribution in [0.1, 0.15) is 49.3 Å². The number of carbonyl (C=O) groups is 1. The number of alkyl halides is 2. The molecule has 176 valence electrons. The van der Waals surface area contributed by atoms with Gasteiger partial charge >= 0.3 is 0 Å². The van der Waals surface area contributed by atoms with Gasteiger partial charge in [0.15, 0.2) is 6.10 Å². The fourth-order valence-electron chi connectivity index (χ4n) is 5.45. The maximum absolute atomic E-state index is 12.9. The van der Waals surface area contributed by atoms with Gasteiger partial charge in [-0.3, -0.25) is 14.5 Å². The van der Waals surface area contributed by atoms with Gasteiger partial charge in [-0.2, -0.15) is 5.10 Å². The van der Waals surface area contributed by atoms with Crippen molar-refractivity contribution < 1.29 is 23.4 Å². The highest BCUT2D eigenvalue weighted by Crippen LogP contribution is 2.65. The van der Waals surface area contributed by atoms with E-state index in [0.29, 0.717) is 22.0 Å². The number of benzene rings is 1. The lowest BCUT2D eigenvalue weighted by Gasteiger charge is -2.70. The Balaban J connectivity index is 1.09. The van der Waals surface area contributed by atoms with Crippen LogP contribution in [-0.4, -0.2) is 37.4 Å². The maximum atomic E-state index is 12.9. The molecule has 0 unspecified atom stereocenters. The van der Waals surface area contributed by atoms with E-state index in [0.717, 1.165) is 24.8 Å². The summed E-state index contributed by atoms with van der Waals surface area (Å²) in [6, 6.07) is 7.92. The van der Waals surface area contributed by atoms with Crippen LogP contribution < -0.4 is 10.1 Å². The number of aliphatic hydroxyl groups is 1. The van der Waals surface area contributed by atoms with E-state index in [2.05, 4.69) is 15.4 Å². The number of nitrogens with one attached hydrogen (secondary N) is 1. The van der Waals surface area contributed by atoms with Gasteiger partial charge in [0.05, 0.1) is 23.5 Å². The lowest BCUT2D eigenvalue weighted by Crippen LogP contribution is -2.79. The Kier molecular flexibility index (Phi) is 4.73. The molecule has 3 aliphatic carbocycles. The summed E-state index contributed by atoms with van der Waals surface area (Å²) in [6.45, 7) is 0. The normalized spacial score (nSPS) is 29.0. The third kappa shape index (κ3) is 3.37. The molecule has 3 saturated carbocycles. The van der Waals surface area contributed by atoms with Gasteiger partial charge in [-0.15, -0.1) is 0 Å². The van der Waals surface area contributed by atoms with Crippen molar-refractivity contribution in [2.45, 2.75) is 55.4 Å². The predicted molar refractivity (Wildman–Crippen MR) is 119 cm³/mol. The number of halogens is 3. The fourth-order valence-corrected chi connectivity index (χ4v) is 5.63. The summed E-state index contributed by atoms with van der Waals surface area (Å²) in [5, 5.41) is 18.5. The van der Waals surface area contributed by atoms with E-state index in [1.54, 1.807) is 30.5 Å². The zero-order valence-electron chi connectivity index (χ0n) is 17.9. The van der Waals surface area contributed by atoms with Crippen molar-refractivity contribution in [1.82, 2.24) is 20.1 Å². The highest BCUT2D eigenvalue weighted by atomic mass is 35.5. The van der Waals surface area contributed by atoms with Gasteiger partial charge in [0.1, 0.15) is 5.75 Å². The number of nitrogens with zero attached hydrogens (tertiary/aromatic N) is 3. The van der Waals surface area contributed by atoms with Gasteiger partial charge in [0.25, 0.3) is 12.3 Å². The van der Waals surface area contributed by atoms with E-state index in [1.807, 2.05) is 10.9 Å². The Bertz CT molecular complexity index is 1260. The summed E-state index contributed by atoms with van der Waals surface area (Å²) in [6.07, 6.45) is 2.99. The van der Waals surface area contributed by atoms with E-state index in [9.17, 15) is 18.7 Å². The molecule has 1 aromatic carbocycles. The van der Waals surface area contributed by atoms with E-state index in [4.69, 9.17) is 16.3 Å². The number of carbonyl (C=O) groups excluding carboxylic acids is 1. The molecule has 3 fully saturated rings. The summed E-state index contributed by atoms with van der Waals surface area (Å²) in [5.74, 6) is 0.231. The Morgan fingerprint density at radius 2 is 2.03 bits per heavy atom. The third-order valence-corrected chi connectivity index (χ3v) is 7.36. The molecular formula is C24H21ClF2N4O3. The number of aromatic nitrogens is 3. The highest BCUT2D eigenvalue weighted by Gasteiger charge is 2.70. The molecule has 0 spiro atoms. The van der Waals surface area contributed by atoms with Crippen molar-refractivity contribution in [1.29, 1.82) is 0 Å². The lowest BCUT2D eigenvalue weighted by atomic mass is 9.44. The summed E-state index contributed by atoms with van der Waals surface area (Å²) < 4.78 is 33.2. The van der Waals surface area contributed by atoms with E-state index < -0.39 is 18.6 Å². The number of hydrogen-bond donors (Lipinski definition) is 2. The van der Waals surface area contributed by atoms with Crippen molar-refractivity contribution in [3.05, 3.63) is 65.1 Å². The number of hydrogen-bond acceptors (Lipinski definition) is 5. The first-order chi connectivity index (χ1) is 16.3. The van der Waals surface area contributed by atoms with Crippen LogP contribution in [0.4, 0.5) is 8.78 Å². The Morgan fingerprint density at radius 3 is 2.74 bits per heavy atom. The second kappa shape index (κ2) is 7.48. The number of ether oxygens (including phenoxy) is 1. The SMILES string of the molecule is O=C(NC12CC(n3cc(-c4ccc(C(F)F)cn4)cn3)(C1)C2)[C@H]1C[C@@H](O)c2cc(Cl)ccc2O1. The molecule has 10 heteroatoms. The third-order valence-electron chi connectivity index (χ3n) is 7.12. The van der Waals surface area contributed by atoms with Crippen LogP contribution in [0.25, 0.3) is 11.3 Å². The minimum atomic E-state index is -2.55. The highest BCUT2D eigenvalue weighted by molar-refractivity contribution is 6.30. The fraction of sp³-hybridized carbons (Fsp3) is 0.375. The molecule has 3 heterocycles. The molecule has 0 saturated heterocycles. The van der Waals surface area contributed by atoms with Crippen molar-refractivity contribution in [3.63, 3.8) is 0 Å². The van der Waals surface area contributed by atoms with Crippen LogP contribution in [-0.2, 0) is 10.3 Å². The molecule has 34 heavy (non-hydrogen) atoms. The van der Waals surface area contributed by atoms with Crippen LogP contribution in [0.5, 0.6) is 5.75 Å². The summed E-state index contributed by atoms with van der Waals surface area (Å²) in [4.78, 5) is 17.0. The molecule has 4 aliphatic rings. The molecule has 2 atom stereocenters. The quantitative estimate of drug-likeness (QED) is 0.565. The average molecular weight is 487 g/mol. The van der Waals surface area contributed by atoms with E-state index in [1.165, 1.54) is 12.3 Å². The smallest absolute Gasteiger partial charge is 0.265 e. The minimum absolute atomic E-state index is 0.116. The molecule has 1 amide bonds. The molecular weight excluding hydrogens is 466 g/mol. The largest absolute Gasteiger partial charge is 0.480 e. The molecule has 2 N–H and O–H groups in total. The Morgan fingerprint density at radius 1 is 1.24 bits per heavy atom. The predicted octanol–water partition coefficient (Wildman–Crippen LogP) is 4.17. The Hall–Kier alpha value is -3.04. The van der Waals surface area contributed by atoms with E-state index >= 15 is 0 Å². The topological polar surface area (TPSA) is 89.3 Å². The molecule has 3 aromatic rings. The van der Waals surface area contributed by atoms with Crippen LogP contribution >= 0.6 is 11.6 Å². The first kappa shape index (κ1) is 21.5. The molecule has 1 aliphatic heterocycles. The maximum Gasteiger partial charge on any atom is 0.265 e. The van der Waals surface area contributed by atoms with Gasteiger partial charge in [-0.1, -0.05) is 11.6 Å². The van der Waals surface area contributed by atoms with Crippen LogP contribution in [0.2, 0.25) is 5.02 Å². The first-order valence-electron chi connectivity index (χ1n) is 11.0. The zero-order valence-corrected chi connectivity index (χ0v) is 18.7. The lowest BCUT2D eigenvalue weighted by molar-refractivity contribution is -0.164. The van der Waals surface area contributed by atoms with Crippen LogP contribution in [0, 0.1) is 0 Å². The zero-order chi connectivity index (χ0) is 23.7. The van der Waals surface area contributed by atoms with Crippen molar-refractivity contribution >= 4 is 17.5 Å². The van der Waals surface area contributed by atoms with Crippen molar-refractivity contribution in [3.8, 4) is 17.0 Å². The van der Waals surface area contributed by atoms with Gasteiger partial charge in [-0.05, 0) is 49.6 Å². The second-order valence-corrected chi connectivity index (χ2v) is 9.95. The molecule has 2 aromatic heterocycles. The van der Waals surface area contributed by atoms with Crippen LogP contribution in [0.15, 0.2) is 48.9 Å². The molecule has 2 bridgehead atoms. The average Bonchev–Trinajstić information content (AvgIpc) is 3.25.